The number of carbonyl (C=O) groups is 1. The number of hydrogen-bond acceptors (Lipinski definition) is 4. The first-order valence-corrected chi connectivity index (χ1v) is 10.5. The molecule has 1 saturated heterocycles. The van der Waals surface area contributed by atoms with Crippen molar-refractivity contribution in [2.45, 2.75) is 57.0 Å². The van der Waals surface area contributed by atoms with E-state index in [0.29, 0.717) is 10.9 Å². The van der Waals surface area contributed by atoms with Gasteiger partial charge in [-0.15, -0.1) is 5.10 Å². The second-order valence-electron chi connectivity index (χ2n) is 7.92. The highest BCUT2D eigenvalue weighted by Gasteiger charge is 2.45. The average Bonchev–Trinajstić information content (AvgIpc) is 3.21. The minimum Gasteiger partial charge on any atom is -0.473 e. The van der Waals surface area contributed by atoms with Crippen LogP contribution in [0.15, 0.2) is 36.4 Å². The Morgan fingerprint density at radius 3 is 2.36 bits per heavy atom. The number of benzene rings is 1. The van der Waals surface area contributed by atoms with E-state index in [4.69, 9.17) is 16.3 Å². The van der Waals surface area contributed by atoms with Crippen molar-refractivity contribution >= 4 is 17.5 Å². The fraction of sp³-hybridized carbons (Fsp3) is 0.500. The van der Waals surface area contributed by atoms with E-state index in [1.165, 1.54) is 0 Å². The van der Waals surface area contributed by atoms with Gasteiger partial charge in [0.2, 0.25) is 11.8 Å². The quantitative estimate of drug-likeness (QED) is 0.768. The maximum absolute atomic E-state index is 13.5. The van der Waals surface area contributed by atoms with Crippen LogP contribution in [0.3, 0.4) is 0 Å². The summed E-state index contributed by atoms with van der Waals surface area (Å²) in [4.78, 5) is 15.6. The first-order chi connectivity index (χ1) is 13.6. The lowest BCUT2D eigenvalue weighted by atomic mass is 9.77. The number of ether oxygens (including phenoxy) is 1. The number of aromatic nitrogens is 2. The summed E-state index contributed by atoms with van der Waals surface area (Å²) in [6.07, 6.45) is 5.75. The molecule has 0 spiro atoms. The molecule has 0 bridgehead atoms. The normalized spacial score (nSPS) is 19.6. The van der Waals surface area contributed by atoms with Crippen molar-refractivity contribution in [1.82, 2.24) is 15.1 Å². The van der Waals surface area contributed by atoms with E-state index in [-0.39, 0.29) is 17.4 Å². The predicted molar refractivity (Wildman–Crippen MR) is 109 cm³/mol. The van der Waals surface area contributed by atoms with Crippen molar-refractivity contribution in [3.05, 3.63) is 52.7 Å². The molecule has 2 fully saturated rings. The third-order valence-corrected chi connectivity index (χ3v) is 6.31. The smallest absolute Gasteiger partial charge is 0.233 e. The van der Waals surface area contributed by atoms with Gasteiger partial charge in [-0.25, -0.2) is 0 Å². The first-order valence-electron chi connectivity index (χ1n) is 10.1. The third-order valence-electron chi connectivity index (χ3n) is 6.05. The topological polar surface area (TPSA) is 55.3 Å². The number of nitrogens with zero attached hydrogens (tertiary/aromatic N) is 3. The van der Waals surface area contributed by atoms with Gasteiger partial charge in [0.05, 0.1) is 11.1 Å². The van der Waals surface area contributed by atoms with Crippen LogP contribution in [0.4, 0.5) is 0 Å². The molecule has 5 nitrogen and oxygen atoms in total. The average molecular weight is 400 g/mol. The van der Waals surface area contributed by atoms with Crippen LogP contribution in [0.25, 0.3) is 0 Å². The summed E-state index contributed by atoms with van der Waals surface area (Å²) in [7, 11) is 0. The monoisotopic (exact) mass is 399 g/mol. The lowest BCUT2D eigenvalue weighted by molar-refractivity contribution is -0.139. The summed E-state index contributed by atoms with van der Waals surface area (Å²) in [5.41, 5.74) is 1.59. The number of piperidine rings is 1. The van der Waals surface area contributed by atoms with Crippen molar-refractivity contribution in [3.63, 3.8) is 0 Å². The molecule has 0 radical (unpaired) electrons. The number of carbonyl (C=O) groups excluding carboxylic acids is 1. The Bertz CT molecular complexity index is 809. The summed E-state index contributed by atoms with van der Waals surface area (Å²) in [6, 6.07) is 11.6. The van der Waals surface area contributed by atoms with Crippen molar-refractivity contribution in [1.29, 1.82) is 0 Å². The second kappa shape index (κ2) is 8.08. The predicted octanol–water partition coefficient (Wildman–Crippen LogP) is 4.32. The molecule has 0 atom stereocenters. The Morgan fingerprint density at radius 1 is 1.07 bits per heavy atom. The van der Waals surface area contributed by atoms with Gasteiger partial charge in [-0.3, -0.25) is 4.79 Å². The standard InChI is InChI=1S/C22H26ClN3O2/c1-16-4-9-20(25-24-16)28-19-10-14-26(15-11-19)21(27)22(12-2-3-13-22)17-5-7-18(23)8-6-17/h4-9,19H,2-3,10-15H2,1H3. The van der Waals surface area contributed by atoms with Crippen molar-refractivity contribution in [3.8, 4) is 5.88 Å². The fourth-order valence-electron chi connectivity index (χ4n) is 4.47. The molecule has 1 aromatic carbocycles. The maximum Gasteiger partial charge on any atom is 0.233 e. The first kappa shape index (κ1) is 19.2. The molecule has 2 heterocycles. The van der Waals surface area contributed by atoms with Gasteiger partial charge in [0.15, 0.2) is 0 Å². The van der Waals surface area contributed by atoms with Gasteiger partial charge in [-0.05, 0) is 43.5 Å². The Balaban J connectivity index is 1.42. The molecule has 2 aliphatic rings. The van der Waals surface area contributed by atoms with E-state index in [1.54, 1.807) is 0 Å². The zero-order valence-electron chi connectivity index (χ0n) is 16.2. The van der Waals surface area contributed by atoms with Crippen LogP contribution in [0.2, 0.25) is 5.02 Å². The number of aryl methyl sites for hydroxylation is 1. The van der Waals surface area contributed by atoms with Gasteiger partial charge in [-0.1, -0.05) is 36.6 Å². The molecule has 1 aliphatic carbocycles. The molecule has 6 heteroatoms. The van der Waals surface area contributed by atoms with Crippen molar-refractivity contribution in [2.75, 3.05) is 13.1 Å². The summed E-state index contributed by atoms with van der Waals surface area (Å²) in [6.45, 7) is 3.34. The number of likely N-dealkylation sites (tertiary alicyclic amines) is 1. The molecule has 0 unspecified atom stereocenters. The number of halogens is 1. The maximum atomic E-state index is 13.5. The largest absolute Gasteiger partial charge is 0.473 e. The molecule has 148 valence electrons. The molecule has 1 aromatic heterocycles. The van der Waals surface area contributed by atoms with Gasteiger partial charge in [-0.2, -0.15) is 5.10 Å². The van der Waals surface area contributed by atoms with E-state index in [2.05, 4.69) is 10.2 Å². The van der Waals surface area contributed by atoms with Gasteiger partial charge in [0.25, 0.3) is 0 Å². The zero-order chi connectivity index (χ0) is 19.6. The second-order valence-corrected chi connectivity index (χ2v) is 8.35. The molecule has 2 aromatic rings. The molecule has 28 heavy (non-hydrogen) atoms. The summed E-state index contributed by atoms with van der Waals surface area (Å²) in [5, 5.41) is 8.83. The zero-order valence-corrected chi connectivity index (χ0v) is 17.0. The number of rotatable bonds is 4. The molecule has 1 saturated carbocycles. The highest BCUT2D eigenvalue weighted by molar-refractivity contribution is 6.30. The van der Waals surface area contributed by atoms with E-state index >= 15 is 0 Å². The molecular weight excluding hydrogens is 374 g/mol. The van der Waals surface area contributed by atoms with Crippen LogP contribution in [0.1, 0.15) is 49.8 Å². The number of amides is 1. The Labute approximate surface area is 171 Å². The highest BCUT2D eigenvalue weighted by atomic mass is 35.5. The van der Waals surface area contributed by atoms with Gasteiger partial charge >= 0.3 is 0 Å². The lowest BCUT2D eigenvalue weighted by Gasteiger charge is -2.38. The Kier molecular flexibility index (Phi) is 5.54. The Hall–Kier alpha value is -2.14. The Morgan fingerprint density at radius 2 is 1.75 bits per heavy atom. The highest BCUT2D eigenvalue weighted by Crippen LogP contribution is 2.43. The van der Waals surface area contributed by atoms with E-state index in [1.807, 2.05) is 48.2 Å². The minimum atomic E-state index is -0.388. The van der Waals surface area contributed by atoms with E-state index in [0.717, 1.165) is 62.9 Å². The fourth-order valence-corrected chi connectivity index (χ4v) is 4.60. The SMILES string of the molecule is Cc1ccc(OC2CCN(C(=O)C3(c4ccc(Cl)cc4)CCCC3)CC2)nn1. The van der Waals surface area contributed by atoms with Crippen LogP contribution in [-0.2, 0) is 10.2 Å². The van der Waals surface area contributed by atoms with Crippen LogP contribution in [0, 0.1) is 6.92 Å². The van der Waals surface area contributed by atoms with E-state index < -0.39 is 0 Å². The molecule has 1 aliphatic heterocycles. The third kappa shape index (κ3) is 3.86. The molecular formula is C22H26ClN3O2. The molecule has 0 N–H and O–H groups in total. The van der Waals surface area contributed by atoms with Crippen LogP contribution in [-0.4, -0.2) is 40.2 Å². The van der Waals surface area contributed by atoms with E-state index in [9.17, 15) is 4.79 Å². The number of hydrogen-bond donors (Lipinski definition) is 0. The van der Waals surface area contributed by atoms with Crippen LogP contribution >= 0.6 is 11.6 Å². The lowest BCUT2D eigenvalue weighted by Crippen LogP contribution is -2.50. The van der Waals surface area contributed by atoms with Gasteiger partial charge < -0.3 is 9.64 Å². The van der Waals surface area contributed by atoms with Gasteiger partial charge in [0, 0.05) is 37.0 Å². The molecule has 1 amide bonds. The van der Waals surface area contributed by atoms with Crippen LogP contribution < -0.4 is 4.74 Å². The summed E-state index contributed by atoms with van der Waals surface area (Å²) in [5.74, 6) is 0.824. The summed E-state index contributed by atoms with van der Waals surface area (Å²) >= 11 is 6.06. The van der Waals surface area contributed by atoms with Gasteiger partial charge in [0.1, 0.15) is 6.10 Å². The minimum absolute atomic E-state index is 0.0797. The van der Waals surface area contributed by atoms with Crippen molar-refractivity contribution in [2.24, 2.45) is 0 Å². The summed E-state index contributed by atoms with van der Waals surface area (Å²) < 4.78 is 5.96. The van der Waals surface area contributed by atoms with Crippen molar-refractivity contribution < 1.29 is 9.53 Å². The van der Waals surface area contributed by atoms with Crippen LogP contribution in [0.5, 0.6) is 5.88 Å². The molecule has 4 rings (SSSR count).